The number of hydrogen-bond acceptors (Lipinski definition) is 6. The van der Waals surface area contributed by atoms with E-state index in [-0.39, 0.29) is 11.6 Å². The van der Waals surface area contributed by atoms with Crippen LogP contribution >= 0.6 is 0 Å². The minimum atomic E-state index is -0.470. The van der Waals surface area contributed by atoms with Gasteiger partial charge in [-0.15, -0.1) is 0 Å². The van der Waals surface area contributed by atoms with Gasteiger partial charge in [0.05, 0.1) is 4.92 Å². The van der Waals surface area contributed by atoms with Gasteiger partial charge in [0.25, 0.3) is 11.6 Å². The lowest BCUT2D eigenvalue weighted by Gasteiger charge is -2.35. The largest absolute Gasteiger partial charge is 0.353 e. The molecule has 0 spiro atoms. The number of anilines is 1. The van der Waals surface area contributed by atoms with Crippen molar-refractivity contribution in [2.45, 2.75) is 13.8 Å². The van der Waals surface area contributed by atoms with E-state index in [1.54, 1.807) is 4.90 Å². The van der Waals surface area contributed by atoms with Crippen molar-refractivity contribution in [3.63, 3.8) is 0 Å². The van der Waals surface area contributed by atoms with E-state index in [0.29, 0.717) is 37.6 Å². The Balaban J connectivity index is 1.46. The average Bonchev–Trinajstić information content (AvgIpc) is 2.78. The summed E-state index contributed by atoms with van der Waals surface area (Å²) in [6, 6.07) is 15.8. The van der Waals surface area contributed by atoms with Gasteiger partial charge in [-0.05, 0) is 32.0 Å². The Morgan fingerprint density at radius 3 is 2.32 bits per heavy atom. The van der Waals surface area contributed by atoms with Crippen molar-refractivity contribution >= 4 is 17.4 Å². The number of piperazine rings is 1. The molecule has 1 amide bonds. The van der Waals surface area contributed by atoms with E-state index in [1.807, 2.05) is 38.1 Å². The molecule has 0 N–H and O–H groups in total. The lowest BCUT2D eigenvalue weighted by molar-refractivity contribution is -0.384. The van der Waals surface area contributed by atoms with Crippen molar-refractivity contribution in [1.82, 2.24) is 14.9 Å². The molecule has 2 heterocycles. The van der Waals surface area contributed by atoms with E-state index in [4.69, 9.17) is 4.98 Å². The van der Waals surface area contributed by atoms with Gasteiger partial charge in [-0.2, -0.15) is 0 Å². The Kier molecular flexibility index (Phi) is 5.62. The number of nitro benzene ring substituents is 1. The number of carbonyl (C=O) groups is 1. The molecule has 3 aromatic rings. The molecule has 8 heteroatoms. The van der Waals surface area contributed by atoms with Gasteiger partial charge in [-0.25, -0.2) is 9.97 Å². The number of amides is 1. The fourth-order valence-electron chi connectivity index (χ4n) is 3.67. The molecule has 2 aromatic carbocycles. The van der Waals surface area contributed by atoms with E-state index < -0.39 is 4.92 Å². The smallest absolute Gasteiger partial charge is 0.269 e. The van der Waals surface area contributed by atoms with Gasteiger partial charge in [0, 0.05) is 61.2 Å². The van der Waals surface area contributed by atoms with Gasteiger partial charge in [0.1, 0.15) is 5.82 Å². The molecule has 1 aromatic heterocycles. The topological polar surface area (TPSA) is 92.5 Å². The highest BCUT2D eigenvalue weighted by atomic mass is 16.6. The molecular formula is C23H23N5O3. The van der Waals surface area contributed by atoms with Crippen LogP contribution in [0.4, 0.5) is 11.5 Å². The fraction of sp³-hybridized carbons (Fsp3) is 0.261. The van der Waals surface area contributed by atoms with E-state index in [1.165, 1.54) is 24.3 Å². The van der Waals surface area contributed by atoms with Crippen LogP contribution in [0.15, 0.2) is 54.6 Å². The molecule has 0 bridgehead atoms. The lowest BCUT2D eigenvalue weighted by atomic mass is 10.1. The molecule has 4 rings (SSSR count). The van der Waals surface area contributed by atoms with Crippen LogP contribution in [0.1, 0.15) is 21.6 Å². The first kappa shape index (κ1) is 20.5. The number of non-ortho nitro benzene ring substituents is 1. The van der Waals surface area contributed by atoms with Gasteiger partial charge in [-0.1, -0.05) is 23.8 Å². The summed E-state index contributed by atoms with van der Waals surface area (Å²) in [5.41, 5.74) is 3.47. The number of aromatic nitrogens is 2. The third kappa shape index (κ3) is 4.53. The molecule has 1 fully saturated rings. The SMILES string of the molecule is Cc1cccc(-c2nc(C)cc(N3CCN(C(=O)c4ccc([N+](=O)[O-])cc4)CC3)n2)c1. The molecule has 8 nitrogen and oxygen atoms in total. The van der Waals surface area contributed by atoms with Gasteiger partial charge < -0.3 is 9.80 Å². The summed E-state index contributed by atoms with van der Waals surface area (Å²) in [5.74, 6) is 1.43. The summed E-state index contributed by atoms with van der Waals surface area (Å²) in [7, 11) is 0. The predicted molar refractivity (Wildman–Crippen MR) is 118 cm³/mol. The monoisotopic (exact) mass is 417 g/mol. The summed E-state index contributed by atoms with van der Waals surface area (Å²) in [5, 5.41) is 10.8. The van der Waals surface area contributed by atoms with Crippen LogP contribution in [0.25, 0.3) is 11.4 Å². The second-order valence-corrected chi connectivity index (χ2v) is 7.64. The quantitative estimate of drug-likeness (QED) is 0.475. The number of rotatable bonds is 4. The fourth-order valence-corrected chi connectivity index (χ4v) is 3.67. The van der Waals surface area contributed by atoms with Crippen molar-refractivity contribution < 1.29 is 9.72 Å². The zero-order chi connectivity index (χ0) is 22.0. The van der Waals surface area contributed by atoms with Crippen molar-refractivity contribution in [3.05, 3.63) is 81.5 Å². The van der Waals surface area contributed by atoms with Crippen LogP contribution in [-0.4, -0.2) is 51.9 Å². The normalized spacial score (nSPS) is 13.9. The van der Waals surface area contributed by atoms with Crippen LogP contribution < -0.4 is 4.90 Å². The van der Waals surface area contributed by atoms with Gasteiger partial charge in [-0.3, -0.25) is 14.9 Å². The van der Waals surface area contributed by atoms with Gasteiger partial charge in [0.15, 0.2) is 5.82 Å². The molecule has 158 valence electrons. The molecule has 0 unspecified atom stereocenters. The van der Waals surface area contributed by atoms with Crippen LogP contribution in [0.5, 0.6) is 0 Å². The Labute approximate surface area is 180 Å². The van der Waals surface area contributed by atoms with E-state index in [9.17, 15) is 14.9 Å². The molecular weight excluding hydrogens is 394 g/mol. The third-order valence-corrected chi connectivity index (χ3v) is 5.33. The summed E-state index contributed by atoms with van der Waals surface area (Å²) < 4.78 is 0. The first-order valence-corrected chi connectivity index (χ1v) is 10.1. The van der Waals surface area contributed by atoms with E-state index in [0.717, 1.165) is 22.6 Å². The number of nitro groups is 1. The second-order valence-electron chi connectivity index (χ2n) is 7.64. The first-order valence-electron chi connectivity index (χ1n) is 10.1. The zero-order valence-electron chi connectivity index (χ0n) is 17.5. The standard InChI is InChI=1S/C23H23N5O3/c1-16-4-3-5-19(14-16)22-24-17(2)15-21(25-22)26-10-12-27(13-11-26)23(29)18-6-8-20(9-7-18)28(30)31/h3-9,14-15H,10-13H2,1-2H3. The minimum absolute atomic E-state index is 0.0232. The number of carbonyl (C=O) groups excluding carboxylic acids is 1. The Hall–Kier alpha value is -3.81. The molecule has 0 aliphatic carbocycles. The van der Waals surface area contributed by atoms with Crippen LogP contribution in [0, 0.1) is 24.0 Å². The molecule has 0 atom stereocenters. The lowest BCUT2D eigenvalue weighted by Crippen LogP contribution is -2.49. The highest BCUT2D eigenvalue weighted by Crippen LogP contribution is 2.22. The highest BCUT2D eigenvalue weighted by molar-refractivity contribution is 5.94. The maximum atomic E-state index is 12.8. The van der Waals surface area contributed by atoms with Crippen molar-refractivity contribution in [2.75, 3.05) is 31.1 Å². The van der Waals surface area contributed by atoms with Crippen molar-refractivity contribution in [2.24, 2.45) is 0 Å². The van der Waals surface area contributed by atoms with Crippen LogP contribution in [-0.2, 0) is 0 Å². The van der Waals surface area contributed by atoms with Crippen LogP contribution in [0.3, 0.4) is 0 Å². The molecule has 0 saturated carbocycles. The van der Waals surface area contributed by atoms with Gasteiger partial charge >= 0.3 is 0 Å². The van der Waals surface area contributed by atoms with Gasteiger partial charge in [0.2, 0.25) is 0 Å². The molecule has 31 heavy (non-hydrogen) atoms. The average molecular weight is 417 g/mol. The number of aryl methyl sites for hydroxylation is 2. The third-order valence-electron chi connectivity index (χ3n) is 5.33. The van der Waals surface area contributed by atoms with Crippen molar-refractivity contribution in [1.29, 1.82) is 0 Å². The summed E-state index contributed by atoms with van der Waals surface area (Å²) in [6.45, 7) is 6.42. The Morgan fingerprint density at radius 1 is 0.968 bits per heavy atom. The molecule has 1 aliphatic rings. The van der Waals surface area contributed by atoms with E-state index >= 15 is 0 Å². The zero-order valence-corrected chi connectivity index (χ0v) is 17.5. The van der Waals surface area contributed by atoms with Crippen LogP contribution in [0.2, 0.25) is 0 Å². The number of hydrogen-bond donors (Lipinski definition) is 0. The second kappa shape index (κ2) is 8.51. The predicted octanol–water partition coefficient (Wildman–Crippen LogP) is 3.63. The summed E-state index contributed by atoms with van der Waals surface area (Å²) in [6.07, 6.45) is 0. The molecule has 1 aliphatic heterocycles. The highest BCUT2D eigenvalue weighted by Gasteiger charge is 2.24. The maximum absolute atomic E-state index is 12.8. The summed E-state index contributed by atoms with van der Waals surface area (Å²) >= 11 is 0. The number of nitrogens with zero attached hydrogens (tertiary/aromatic N) is 5. The molecule has 1 saturated heterocycles. The Bertz CT molecular complexity index is 1120. The van der Waals surface area contributed by atoms with Crippen molar-refractivity contribution in [3.8, 4) is 11.4 Å². The maximum Gasteiger partial charge on any atom is 0.269 e. The first-order chi connectivity index (χ1) is 14.9. The molecule has 0 radical (unpaired) electrons. The minimum Gasteiger partial charge on any atom is -0.353 e. The van der Waals surface area contributed by atoms with E-state index in [2.05, 4.69) is 16.0 Å². The summed E-state index contributed by atoms with van der Waals surface area (Å²) in [4.78, 5) is 36.4. The number of benzene rings is 2. The Morgan fingerprint density at radius 2 is 1.68 bits per heavy atom.